The van der Waals surface area contributed by atoms with Crippen molar-refractivity contribution < 1.29 is 9.53 Å². The topological polar surface area (TPSA) is 41.6 Å². The molecule has 0 fully saturated rings. The summed E-state index contributed by atoms with van der Waals surface area (Å²) in [5, 5.41) is 3.06. The molecule has 1 amide bonds. The fourth-order valence-corrected chi connectivity index (χ4v) is 2.45. The van der Waals surface area contributed by atoms with E-state index >= 15 is 0 Å². The lowest BCUT2D eigenvalue weighted by Gasteiger charge is -2.14. The van der Waals surface area contributed by atoms with E-state index in [9.17, 15) is 4.79 Å². The van der Waals surface area contributed by atoms with Crippen LogP contribution >= 0.6 is 31.9 Å². The maximum Gasteiger partial charge on any atom is 0.241 e. The number of carbonyl (C=O) groups excluding carboxylic acids is 1. The zero-order valence-electron chi connectivity index (χ0n) is 9.88. The Morgan fingerprint density at radius 2 is 2.00 bits per heavy atom. The Morgan fingerprint density at radius 3 is 2.53 bits per heavy atom. The zero-order valence-corrected chi connectivity index (χ0v) is 13.1. The van der Waals surface area contributed by atoms with Crippen LogP contribution in [0, 0.1) is 0 Å². The van der Waals surface area contributed by atoms with Gasteiger partial charge in [-0.05, 0) is 37.9 Å². The van der Waals surface area contributed by atoms with E-state index in [-0.39, 0.29) is 12.5 Å². The quantitative estimate of drug-likeness (QED) is 0.891. The van der Waals surface area contributed by atoms with Crippen molar-refractivity contribution in [3.63, 3.8) is 0 Å². The van der Waals surface area contributed by atoms with Crippen molar-refractivity contribution in [3.8, 4) is 5.75 Å². The molecule has 6 heteroatoms. The van der Waals surface area contributed by atoms with E-state index in [0.717, 1.165) is 14.6 Å². The van der Waals surface area contributed by atoms with Crippen LogP contribution in [-0.4, -0.2) is 38.6 Å². The number of nitrogens with zero attached hydrogens (tertiary/aromatic N) is 1. The molecule has 0 bridgehead atoms. The number of anilines is 1. The molecule has 0 heterocycles. The molecule has 4 nitrogen and oxygen atoms in total. The number of hydrogen-bond acceptors (Lipinski definition) is 3. The molecule has 0 aliphatic carbocycles. The normalized spacial score (nSPS) is 9.94. The number of nitrogens with one attached hydrogen (secondary N) is 1. The molecular weight excluding hydrogens is 352 g/mol. The highest BCUT2D eigenvalue weighted by atomic mass is 79.9. The zero-order chi connectivity index (χ0) is 13.0. The molecule has 0 aliphatic rings. The van der Waals surface area contributed by atoms with Crippen molar-refractivity contribution in [2.24, 2.45) is 0 Å². The first-order valence-corrected chi connectivity index (χ1v) is 6.51. The van der Waals surface area contributed by atoms with Crippen molar-refractivity contribution in [3.05, 3.63) is 21.1 Å². The number of carbonyl (C=O) groups is 1. The summed E-state index contributed by atoms with van der Waals surface area (Å²) in [7, 11) is 5.05. The van der Waals surface area contributed by atoms with Crippen LogP contribution in [-0.2, 0) is 4.79 Å². The van der Waals surface area contributed by atoms with E-state index in [0.29, 0.717) is 5.75 Å². The van der Waals surface area contributed by atoms with E-state index in [1.807, 2.05) is 12.1 Å². The van der Waals surface area contributed by atoms with Gasteiger partial charge >= 0.3 is 0 Å². The third kappa shape index (κ3) is 3.89. The lowest BCUT2D eigenvalue weighted by atomic mass is 10.3. The van der Waals surface area contributed by atoms with Crippen LogP contribution in [0.1, 0.15) is 0 Å². The van der Waals surface area contributed by atoms with Gasteiger partial charge in [0.15, 0.2) is 0 Å². The average molecular weight is 366 g/mol. The second-order valence-electron chi connectivity index (χ2n) is 3.61. The summed E-state index contributed by atoms with van der Waals surface area (Å²) in [6, 6.07) is 3.71. The predicted molar refractivity (Wildman–Crippen MR) is 75.6 cm³/mol. The molecule has 1 N–H and O–H groups in total. The molecule has 0 unspecified atom stereocenters. The highest BCUT2D eigenvalue weighted by Crippen LogP contribution is 2.34. The van der Waals surface area contributed by atoms with E-state index in [1.165, 1.54) is 4.90 Å². The molecular formula is C11H14Br2N2O2. The van der Waals surface area contributed by atoms with Gasteiger partial charge in [0, 0.05) is 24.6 Å². The maximum absolute atomic E-state index is 11.5. The minimum Gasteiger partial charge on any atom is -0.495 e. The molecule has 0 saturated heterocycles. The average Bonchev–Trinajstić information content (AvgIpc) is 2.27. The predicted octanol–water partition coefficient (Wildman–Crippen LogP) is 2.72. The smallest absolute Gasteiger partial charge is 0.241 e. The van der Waals surface area contributed by atoms with Gasteiger partial charge in [0.25, 0.3) is 0 Å². The van der Waals surface area contributed by atoms with Gasteiger partial charge in [-0.25, -0.2) is 0 Å². The summed E-state index contributed by atoms with van der Waals surface area (Å²) in [4.78, 5) is 13.0. The standard InChI is InChI=1S/C11H14Br2N2O2/c1-15(2)11(16)6-14-9-5-10(17-3)8(13)4-7(9)12/h4-5,14H,6H2,1-3H3. The summed E-state index contributed by atoms with van der Waals surface area (Å²) >= 11 is 6.81. The lowest BCUT2D eigenvalue weighted by Crippen LogP contribution is -2.28. The first-order chi connectivity index (χ1) is 7.95. The maximum atomic E-state index is 11.5. The molecule has 1 aromatic rings. The van der Waals surface area contributed by atoms with Crippen molar-refractivity contribution in [2.75, 3.05) is 33.1 Å². The molecule has 94 valence electrons. The minimum atomic E-state index is 0.0128. The lowest BCUT2D eigenvalue weighted by molar-refractivity contribution is -0.126. The highest BCUT2D eigenvalue weighted by Gasteiger charge is 2.09. The number of likely N-dealkylation sites (N-methyl/N-ethyl adjacent to an activating group) is 1. The van der Waals surface area contributed by atoms with Gasteiger partial charge in [0.2, 0.25) is 5.91 Å². The summed E-state index contributed by atoms with van der Waals surface area (Å²) in [5.74, 6) is 0.729. The summed E-state index contributed by atoms with van der Waals surface area (Å²) in [6.45, 7) is 0.246. The van der Waals surface area contributed by atoms with Gasteiger partial charge in [-0.2, -0.15) is 0 Å². The van der Waals surface area contributed by atoms with E-state index in [4.69, 9.17) is 4.74 Å². The fraction of sp³-hybridized carbons (Fsp3) is 0.364. The molecule has 0 radical (unpaired) electrons. The molecule has 0 aliphatic heterocycles. The minimum absolute atomic E-state index is 0.0128. The van der Waals surface area contributed by atoms with Crippen LogP contribution in [0.15, 0.2) is 21.1 Å². The number of methoxy groups -OCH3 is 1. The number of halogens is 2. The Balaban J connectivity index is 2.81. The van der Waals surface area contributed by atoms with E-state index in [1.54, 1.807) is 21.2 Å². The Bertz CT molecular complexity index is 422. The van der Waals surface area contributed by atoms with Crippen LogP contribution < -0.4 is 10.1 Å². The fourth-order valence-electron chi connectivity index (χ4n) is 1.15. The van der Waals surface area contributed by atoms with Gasteiger partial charge in [-0.15, -0.1) is 0 Å². The second kappa shape index (κ2) is 6.26. The Kier molecular flexibility index (Phi) is 5.27. The van der Waals surface area contributed by atoms with E-state index < -0.39 is 0 Å². The molecule has 1 rings (SSSR count). The molecule has 0 atom stereocenters. The Labute approximate surface area is 118 Å². The molecule has 17 heavy (non-hydrogen) atoms. The van der Waals surface area contributed by atoms with Gasteiger partial charge in [0.05, 0.1) is 23.8 Å². The van der Waals surface area contributed by atoms with Crippen LogP contribution in [0.3, 0.4) is 0 Å². The van der Waals surface area contributed by atoms with Crippen LogP contribution in [0.5, 0.6) is 5.75 Å². The number of rotatable bonds is 4. The van der Waals surface area contributed by atoms with Crippen LogP contribution in [0.4, 0.5) is 5.69 Å². The first-order valence-electron chi connectivity index (χ1n) is 4.92. The SMILES string of the molecule is COc1cc(NCC(=O)N(C)C)c(Br)cc1Br. The largest absolute Gasteiger partial charge is 0.495 e. The third-order valence-electron chi connectivity index (χ3n) is 2.17. The summed E-state index contributed by atoms with van der Waals surface area (Å²) in [6.07, 6.45) is 0. The Morgan fingerprint density at radius 1 is 1.35 bits per heavy atom. The van der Waals surface area contributed by atoms with Crippen LogP contribution in [0.2, 0.25) is 0 Å². The van der Waals surface area contributed by atoms with Gasteiger partial charge < -0.3 is 15.0 Å². The number of benzene rings is 1. The first kappa shape index (κ1) is 14.3. The third-order valence-corrected chi connectivity index (χ3v) is 3.45. The van der Waals surface area contributed by atoms with Gasteiger partial charge in [0.1, 0.15) is 5.75 Å². The highest BCUT2D eigenvalue weighted by molar-refractivity contribution is 9.11. The number of ether oxygens (including phenoxy) is 1. The summed E-state index contributed by atoms with van der Waals surface area (Å²) < 4.78 is 6.92. The van der Waals surface area contributed by atoms with E-state index in [2.05, 4.69) is 37.2 Å². The summed E-state index contributed by atoms with van der Waals surface area (Å²) in [5.41, 5.74) is 0.820. The van der Waals surface area contributed by atoms with Crippen molar-refractivity contribution in [1.82, 2.24) is 4.90 Å². The van der Waals surface area contributed by atoms with Crippen molar-refractivity contribution in [1.29, 1.82) is 0 Å². The molecule has 1 aromatic carbocycles. The number of hydrogen-bond donors (Lipinski definition) is 1. The van der Waals surface area contributed by atoms with Gasteiger partial charge in [-0.3, -0.25) is 4.79 Å². The van der Waals surface area contributed by atoms with Crippen molar-refractivity contribution in [2.45, 2.75) is 0 Å². The second-order valence-corrected chi connectivity index (χ2v) is 5.32. The monoisotopic (exact) mass is 364 g/mol. The Hall–Kier alpha value is -0.750. The molecule has 0 spiro atoms. The van der Waals surface area contributed by atoms with Crippen LogP contribution in [0.25, 0.3) is 0 Å². The van der Waals surface area contributed by atoms with Gasteiger partial charge in [-0.1, -0.05) is 0 Å². The van der Waals surface area contributed by atoms with Crippen molar-refractivity contribution >= 4 is 43.5 Å². The molecule has 0 aromatic heterocycles. The molecule has 0 saturated carbocycles. The number of amides is 1.